The SMILES string of the molecule is Fc1ccc(Cc2nsc(N3CCNCC3)n2)cc1.O=S(=O)(Cl)c1cccs1.O=S(=O)(c1cccs1)N1CCN(c2nc(Cc3ccc(F)cc3)ns2)CC1. The number of nitrogens with zero attached hydrogens (tertiary/aromatic N) is 7. The second-order valence-electron chi connectivity index (χ2n) is 12.0. The number of aromatic nitrogens is 4. The van der Waals surface area contributed by atoms with Crippen LogP contribution in [0.4, 0.5) is 19.0 Å². The van der Waals surface area contributed by atoms with Crippen LogP contribution in [0.1, 0.15) is 22.8 Å². The van der Waals surface area contributed by atoms with E-state index in [1.165, 1.54) is 69.0 Å². The zero-order valence-corrected chi connectivity index (χ0v) is 34.7. The van der Waals surface area contributed by atoms with Crippen LogP contribution < -0.4 is 15.1 Å². The number of thiophene rings is 2. The summed E-state index contributed by atoms with van der Waals surface area (Å²) >= 11 is 5.10. The van der Waals surface area contributed by atoms with E-state index in [-0.39, 0.29) is 15.8 Å². The molecule has 2 aliphatic heterocycles. The molecule has 0 amide bonds. The van der Waals surface area contributed by atoms with Crippen LogP contribution >= 0.6 is 56.4 Å². The smallest absolute Gasteiger partial charge is 0.270 e. The van der Waals surface area contributed by atoms with Crippen LogP contribution in [0.15, 0.2) is 92.0 Å². The lowest BCUT2D eigenvalue weighted by Gasteiger charge is -2.33. The molecule has 0 atom stereocenters. The second kappa shape index (κ2) is 19.1. The van der Waals surface area contributed by atoms with Gasteiger partial charge in [-0.25, -0.2) is 35.6 Å². The quantitative estimate of drug-likeness (QED) is 0.166. The molecule has 0 aliphatic carbocycles. The third-order valence-corrected chi connectivity index (χ3v) is 16.1. The molecule has 6 heterocycles. The largest absolute Gasteiger partial charge is 0.344 e. The van der Waals surface area contributed by atoms with Crippen LogP contribution in [-0.2, 0) is 31.9 Å². The highest BCUT2D eigenvalue weighted by atomic mass is 35.7. The van der Waals surface area contributed by atoms with Crippen molar-refractivity contribution in [1.29, 1.82) is 0 Å². The Labute approximate surface area is 338 Å². The van der Waals surface area contributed by atoms with E-state index in [1.807, 2.05) is 0 Å². The van der Waals surface area contributed by atoms with Crippen molar-refractivity contribution in [3.63, 3.8) is 0 Å². The number of anilines is 2. The van der Waals surface area contributed by atoms with Crippen molar-refractivity contribution in [2.75, 3.05) is 62.2 Å². The van der Waals surface area contributed by atoms with Crippen molar-refractivity contribution in [3.8, 4) is 0 Å². The Kier molecular flexibility index (Phi) is 14.3. The molecule has 1 N–H and O–H groups in total. The number of hydrogen-bond donors (Lipinski definition) is 1. The number of benzene rings is 2. The molecule has 55 heavy (non-hydrogen) atoms. The lowest BCUT2D eigenvalue weighted by Crippen LogP contribution is -2.48. The fraction of sp³-hybridized carbons (Fsp3) is 0.294. The maximum atomic E-state index is 13.0. The van der Waals surface area contributed by atoms with Gasteiger partial charge in [-0.3, -0.25) is 0 Å². The summed E-state index contributed by atoms with van der Waals surface area (Å²) < 4.78 is 82.8. The predicted molar refractivity (Wildman–Crippen MR) is 216 cm³/mol. The van der Waals surface area contributed by atoms with Gasteiger partial charge in [0.15, 0.2) is 0 Å². The summed E-state index contributed by atoms with van der Waals surface area (Å²) in [6.07, 6.45) is 1.20. The van der Waals surface area contributed by atoms with E-state index >= 15 is 0 Å². The Morgan fingerprint density at radius 2 is 1.09 bits per heavy atom. The zero-order valence-electron chi connectivity index (χ0n) is 29.0. The third-order valence-electron chi connectivity index (χ3n) is 8.19. The summed E-state index contributed by atoms with van der Waals surface area (Å²) in [4.78, 5) is 13.4. The van der Waals surface area contributed by atoms with E-state index in [9.17, 15) is 25.6 Å². The van der Waals surface area contributed by atoms with Crippen molar-refractivity contribution < 1.29 is 25.6 Å². The first kappa shape index (κ1) is 41.2. The standard InChI is InChI=1S/C17H17FN4O2S3.C13H15FN4S.C4H3ClO2S2/c18-14-5-3-13(4-6-14)12-15-19-17(26-20-15)21-7-9-22(10-8-21)27(23,24)16-2-1-11-25-16;14-11-3-1-10(2-4-11)9-12-16-13(19-17-12)18-7-5-15-6-8-18;5-9(6,7)4-2-1-3-8-4/h1-6,11H,7-10,12H2;1-4,15H,5-9H2;1-3H. The highest BCUT2D eigenvalue weighted by molar-refractivity contribution is 8.15. The van der Waals surface area contributed by atoms with Crippen LogP contribution in [0.2, 0.25) is 0 Å². The molecule has 2 aliphatic rings. The van der Waals surface area contributed by atoms with E-state index in [1.54, 1.807) is 53.2 Å². The Morgan fingerprint density at radius 3 is 1.51 bits per heavy atom. The number of nitrogens with one attached hydrogen (secondary N) is 1. The minimum Gasteiger partial charge on any atom is -0.344 e. The topological polar surface area (TPSA) is 142 Å². The summed E-state index contributed by atoms with van der Waals surface area (Å²) in [5.74, 6) is 1.03. The predicted octanol–water partition coefficient (Wildman–Crippen LogP) is 6.19. The molecular weight excluding hydrogens is 850 g/mol. The van der Waals surface area contributed by atoms with Gasteiger partial charge in [0.05, 0.1) is 0 Å². The number of halogens is 3. The summed E-state index contributed by atoms with van der Waals surface area (Å²) in [5.41, 5.74) is 1.98. The molecule has 21 heteroatoms. The van der Waals surface area contributed by atoms with Gasteiger partial charge >= 0.3 is 0 Å². The monoisotopic (exact) mass is 884 g/mol. The molecule has 0 bridgehead atoms. The fourth-order valence-corrected chi connectivity index (χ4v) is 11.2. The normalized spacial score (nSPS) is 15.2. The molecule has 0 saturated carbocycles. The summed E-state index contributed by atoms with van der Waals surface area (Å²) in [5, 5.41) is 8.53. The highest BCUT2D eigenvalue weighted by Crippen LogP contribution is 2.26. The molecule has 8 rings (SSSR count). The lowest BCUT2D eigenvalue weighted by atomic mass is 10.1. The maximum Gasteiger partial charge on any atom is 0.270 e. The first-order valence-electron chi connectivity index (χ1n) is 16.8. The first-order chi connectivity index (χ1) is 26.4. The van der Waals surface area contributed by atoms with Gasteiger partial charge in [0.2, 0.25) is 10.3 Å². The van der Waals surface area contributed by atoms with Crippen molar-refractivity contribution in [3.05, 3.63) is 118 Å². The first-order valence-corrected chi connectivity index (χ1v) is 23.9. The van der Waals surface area contributed by atoms with Gasteiger partial charge in [0, 0.05) is 98.9 Å². The molecule has 0 radical (unpaired) electrons. The van der Waals surface area contributed by atoms with E-state index in [4.69, 9.17) is 10.7 Å². The lowest BCUT2D eigenvalue weighted by molar-refractivity contribution is 0.385. The van der Waals surface area contributed by atoms with Crippen molar-refractivity contribution in [2.24, 2.45) is 0 Å². The minimum atomic E-state index is -3.47. The minimum absolute atomic E-state index is 0.198. The third kappa shape index (κ3) is 11.8. The van der Waals surface area contributed by atoms with Crippen molar-refractivity contribution in [1.82, 2.24) is 28.3 Å². The van der Waals surface area contributed by atoms with Crippen LogP contribution in [-0.4, -0.2) is 92.2 Å². The van der Waals surface area contributed by atoms with E-state index in [2.05, 4.69) is 33.8 Å². The van der Waals surface area contributed by atoms with Gasteiger partial charge in [-0.05, 0) is 58.3 Å². The van der Waals surface area contributed by atoms with Crippen LogP contribution in [0.3, 0.4) is 0 Å². The Balaban J connectivity index is 0.000000159. The van der Waals surface area contributed by atoms with Gasteiger partial charge in [-0.1, -0.05) is 36.4 Å². The molecule has 2 fully saturated rings. The summed E-state index contributed by atoms with van der Waals surface area (Å²) in [6.45, 7) is 5.95. The molecule has 2 saturated heterocycles. The number of hydrogen-bond acceptors (Lipinski definition) is 15. The molecule has 0 spiro atoms. The molecule has 0 unspecified atom stereocenters. The van der Waals surface area contributed by atoms with E-state index in [0.717, 1.165) is 64.7 Å². The van der Waals surface area contributed by atoms with Gasteiger partial charge in [-0.2, -0.15) is 13.1 Å². The molecule has 292 valence electrons. The fourth-order valence-electron chi connectivity index (χ4n) is 5.38. The maximum absolute atomic E-state index is 13.0. The highest BCUT2D eigenvalue weighted by Gasteiger charge is 2.30. The van der Waals surface area contributed by atoms with Crippen LogP contribution in [0, 0.1) is 11.6 Å². The van der Waals surface area contributed by atoms with Crippen LogP contribution in [0.5, 0.6) is 0 Å². The molecule has 4 aromatic heterocycles. The van der Waals surface area contributed by atoms with Gasteiger partial charge < -0.3 is 15.1 Å². The number of rotatable bonds is 9. The molecule has 12 nitrogen and oxygen atoms in total. The van der Waals surface area contributed by atoms with Crippen molar-refractivity contribution >= 4 is 85.8 Å². The summed E-state index contributed by atoms with van der Waals surface area (Å²) in [7, 11) is -1.89. The second-order valence-corrected chi connectivity index (χ2v) is 20.3. The Bertz CT molecular complexity index is 2300. The number of sulfonamides is 1. The Hall–Kier alpha value is -3.47. The van der Waals surface area contributed by atoms with Crippen molar-refractivity contribution in [2.45, 2.75) is 21.3 Å². The zero-order chi connectivity index (χ0) is 38.8. The molecule has 2 aromatic carbocycles. The summed E-state index contributed by atoms with van der Waals surface area (Å²) in [6, 6.07) is 19.3. The average molecular weight is 886 g/mol. The molecule has 6 aromatic rings. The van der Waals surface area contributed by atoms with Crippen LogP contribution in [0.25, 0.3) is 0 Å². The van der Waals surface area contributed by atoms with E-state index < -0.39 is 19.1 Å². The number of piperazine rings is 2. The average Bonchev–Trinajstić information content (AvgIpc) is 4.03. The molecular formula is C34H35ClF2N8O4S6. The van der Waals surface area contributed by atoms with Gasteiger partial charge in [0.25, 0.3) is 19.1 Å². The Morgan fingerprint density at radius 1 is 0.636 bits per heavy atom. The van der Waals surface area contributed by atoms with Gasteiger partial charge in [-0.15, -0.1) is 22.7 Å². The van der Waals surface area contributed by atoms with E-state index in [0.29, 0.717) is 49.1 Å². The van der Waals surface area contributed by atoms with Gasteiger partial charge in [0.1, 0.15) is 31.7 Å².